The van der Waals surface area contributed by atoms with Crippen molar-refractivity contribution in [1.29, 1.82) is 0 Å². The van der Waals surface area contributed by atoms with Gasteiger partial charge in [0.1, 0.15) is 0 Å². The van der Waals surface area contributed by atoms with E-state index in [0.717, 1.165) is 21.8 Å². The Hall–Kier alpha value is -1.46. The Bertz CT molecular complexity index is 753. The third kappa shape index (κ3) is 2.24. The lowest BCUT2D eigenvalue weighted by Gasteiger charge is -2.11. The summed E-state index contributed by atoms with van der Waals surface area (Å²) >= 11 is 7.15. The molecule has 0 amide bonds. The van der Waals surface area contributed by atoms with Crippen molar-refractivity contribution in [3.8, 4) is 0 Å². The van der Waals surface area contributed by atoms with Gasteiger partial charge >= 0.3 is 0 Å². The second-order valence-electron chi connectivity index (χ2n) is 4.78. The van der Waals surface area contributed by atoms with E-state index in [9.17, 15) is 0 Å². The van der Waals surface area contributed by atoms with Crippen molar-refractivity contribution in [2.45, 2.75) is 26.3 Å². The normalized spacial score (nSPS) is 12.9. The van der Waals surface area contributed by atoms with E-state index in [1.807, 2.05) is 11.6 Å². The molecule has 0 saturated heterocycles. The monoisotopic (exact) mass is 289 g/mol. The van der Waals surface area contributed by atoms with Crippen molar-refractivity contribution in [3.63, 3.8) is 0 Å². The lowest BCUT2D eigenvalue weighted by Crippen LogP contribution is -2.06. The molecule has 1 N–H and O–H groups in total. The minimum absolute atomic E-state index is 0.366. The van der Waals surface area contributed by atoms with Crippen LogP contribution in [0.5, 0.6) is 0 Å². The predicted octanol–water partition coefficient (Wildman–Crippen LogP) is 4.27. The summed E-state index contributed by atoms with van der Waals surface area (Å²) in [6, 6.07) is 6.25. The molecule has 0 aliphatic heterocycles. The van der Waals surface area contributed by atoms with Gasteiger partial charge in [0.2, 0.25) is 0 Å². The number of nitrogens with one attached hydrogen (secondary N) is 1. The molecular weight excluding hydrogens is 274 g/mol. The van der Waals surface area contributed by atoms with Crippen LogP contribution in [-0.4, -0.2) is 14.5 Å². The number of aromatic amines is 1. The zero-order valence-electron chi connectivity index (χ0n) is 10.9. The molecule has 0 radical (unpaired) electrons. The van der Waals surface area contributed by atoms with Crippen LogP contribution in [0.2, 0.25) is 0 Å². The molecule has 1 aromatic carbocycles. The van der Waals surface area contributed by atoms with Crippen LogP contribution in [-0.2, 0) is 6.54 Å². The molecule has 0 bridgehead atoms. The third-order valence-corrected chi connectivity index (χ3v) is 4.65. The molecule has 98 valence electrons. The number of H-pyrrole nitrogens is 1. The fourth-order valence-electron chi connectivity index (χ4n) is 2.41. The highest BCUT2D eigenvalue weighted by atomic mass is 32.1. The summed E-state index contributed by atoms with van der Waals surface area (Å²) in [6.45, 7) is 5.17. The molecule has 1 unspecified atom stereocenters. The maximum absolute atomic E-state index is 5.45. The van der Waals surface area contributed by atoms with E-state index < -0.39 is 0 Å². The first kappa shape index (κ1) is 12.6. The Morgan fingerprint density at radius 2 is 2.32 bits per heavy atom. The van der Waals surface area contributed by atoms with Gasteiger partial charge in [-0.05, 0) is 30.8 Å². The Morgan fingerprint density at radius 3 is 3.05 bits per heavy atom. The summed E-state index contributed by atoms with van der Waals surface area (Å²) in [6.07, 6.45) is 1.86. The highest BCUT2D eigenvalue weighted by molar-refractivity contribution is 7.71. The van der Waals surface area contributed by atoms with Crippen molar-refractivity contribution in [3.05, 3.63) is 45.1 Å². The Kier molecular flexibility index (Phi) is 3.24. The van der Waals surface area contributed by atoms with Crippen LogP contribution in [0.1, 0.15) is 23.4 Å². The molecule has 0 spiro atoms. The Morgan fingerprint density at radius 1 is 1.47 bits per heavy atom. The highest BCUT2D eigenvalue weighted by Crippen LogP contribution is 2.24. The maximum Gasteiger partial charge on any atom is 0.178 e. The van der Waals surface area contributed by atoms with Gasteiger partial charge in [0, 0.05) is 24.0 Å². The molecule has 5 heteroatoms. The summed E-state index contributed by atoms with van der Waals surface area (Å²) in [5, 5.41) is 3.18. The van der Waals surface area contributed by atoms with E-state index >= 15 is 0 Å². The van der Waals surface area contributed by atoms with Crippen LogP contribution in [0.15, 0.2) is 29.8 Å². The number of aromatic nitrogens is 3. The SMILES string of the molecule is Cc1cccc2[nH]c(=S)n(CC(C)c3nccs3)c12. The quantitative estimate of drug-likeness (QED) is 0.731. The van der Waals surface area contributed by atoms with Crippen molar-refractivity contribution >= 4 is 34.6 Å². The van der Waals surface area contributed by atoms with Gasteiger partial charge < -0.3 is 9.55 Å². The minimum Gasteiger partial charge on any atom is -0.331 e. The van der Waals surface area contributed by atoms with Gasteiger partial charge in [-0.25, -0.2) is 4.98 Å². The molecule has 0 fully saturated rings. The predicted molar refractivity (Wildman–Crippen MR) is 82.4 cm³/mol. The molecule has 3 aromatic rings. The third-order valence-electron chi connectivity index (χ3n) is 3.32. The average molecular weight is 289 g/mol. The molecule has 2 aromatic heterocycles. The average Bonchev–Trinajstić information content (AvgIpc) is 2.99. The Balaban J connectivity index is 2.06. The van der Waals surface area contributed by atoms with Gasteiger partial charge in [-0.1, -0.05) is 19.1 Å². The number of fused-ring (bicyclic) bond motifs is 1. The number of thiazole rings is 1. The van der Waals surface area contributed by atoms with Crippen molar-refractivity contribution in [2.75, 3.05) is 0 Å². The first-order valence-electron chi connectivity index (χ1n) is 6.24. The van der Waals surface area contributed by atoms with E-state index in [2.05, 4.69) is 46.6 Å². The van der Waals surface area contributed by atoms with Crippen LogP contribution in [0.25, 0.3) is 11.0 Å². The maximum atomic E-state index is 5.45. The summed E-state index contributed by atoms with van der Waals surface area (Å²) in [5.41, 5.74) is 3.56. The van der Waals surface area contributed by atoms with Crippen LogP contribution >= 0.6 is 23.6 Å². The lowest BCUT2D eigenvalue weighted by atomic mass is 10.1. The largest absolute Gasteiger partial charge is 0.331 e. The van der Waals surface area contributed by atoms with E-state index in [1.165, 1.54) is 11.1 Å². The van der Waals surface area contributed by atoms with Gasteiger partial charge in [-0.2, -0.15) is 0 Å². The number of hydrogen-bond acceptors (Lipinski definition) is 3. The van der Waals surface area contributed by atoms with E-state index in [-0.39, 0.29) is 0 Å². The smallest absolute Gasteiger partial charge is 0.178 e. The molecule has 3 nitrogen and oxygen atoms in total. The fraction of sp³-hybridized carbons (Fsp3) is 0.286. The van der Waals surface area contributed by atoms with Gasteiger partial charge in [0.05, 0.1) is 16.0 Å². The first-order valence-corrected chi connectivity index (χ1v) is 7.53. The van der Waals surface area contributed by atoms with Crippen molar-refractivity contribution in [1.82, 2.24) is 14.5 Å². The molecule has 19 heavy (non-hydrogen) atoms. The lowest BCUT2D eigenvalue weighted by molar-refractivity contribution is 0.601. The number of imidazole rings is 1. The van der Waals surface area contributed by atoms with Crippen LogP contribution in [0.3, 0.4) is 0 Å². The molecule has 0 saturated carbocycles. The highest BCUT2D eigenvalue weighted by Gasteiger charge is 2.13. The summed E-state index contributed by atoms with van der Waals surface area (Å²) < 4.78 is 2.97. The van der Waals surface area contributed by atoms with Gasteiger partial charge in [0.15, 0.2) is 4.77 Å². The number of nitrogens with zero attached hydrogens (tertiary/aromatic N) is 2. The van der Waals surface area contributed by atoms with Crippen LogP contribution in [0, 0.1) is 11.7 Å². The number of hydrogen-bond donors (Lipinski definition) is 1. The zero-order valence-corrected chi connectivity index (χ0v) is 12.5. The van der Waals surface area contributed by atoms with Gasteiger partial charge in [-0.15, -0.1) is 11.3 Å². The van der Waals surface area contributed by atoms with E-state index in [1.54, 1.807) is 11.3 Å². The number of benzene rings is 1. The second-order valence-corrected chi connectivity index (χ2v) is 6.10. The molecule has 1 atom stereocenters. The fourth-order valence-corrected chi connectivity index (χ4v) is 3.37. The zero-order chi connectivity index (χ0) is 13.4. The van der Waals surface area contributed by atoms with Gasteiger partial charge in [-0.3, -0.25) is 0 Å². The Labute approximate surface area is 120 Å². The standard InChI is InChI=1S/C14H15N3S2/c1-9-4-3-5-11-12(9)17(14(18)16-11)8-10(2)13-15-6-7-19-13/h3-7,10H,8H2,1-2H3,(H,16,18). The van der Waals surface area contributed by atoms with Gasteiger partial charge in [0.25, 0.3) is 0 Å². The summed E-state index contributed by atoms with van der Waals surface area (Å²) in [7, 11) is 0. The summed E-state index contributed by atoms with van der Waals surface area (Å²) in [4.78, 5) is 7.67. The second kappa shape index (κ2) is 4.90. The van der Waals surface area contributed by atoms with Crippen LogP contribution < -0.4 is 0 Å². The number of aryl methyl sites for hydroxylation is 1. The van der Waals surface area contributed by atoms with E-state index in [0.29, 0.717) is 5.92 Å². The molecule has 0 aliphatic rings. The topological polar surface area (TPSA) is 33.6 Å². The minimum atomic E-state index is 0.366. The number of para-hydroxylation sites is 1. The number of rotatable bonds is 3. The van der Waals surface area contributed by atoms with Crippen molar-refractivity contribution < 1.29 is 0 Å². The van der Waals surface area contributed by atoms with Crippen molar-refractivity contribution in [2.24, 2.45) is 0 Å². The molecule has 3 rings (SSSR count). The van der Waals surface area contributed by atoms with Crippen LogP contribution in [0.4, 0.5) is 0 Å². The molecular formula is C14H15N3S2. The first-order chi connectivity index (χ1) is 9.16. The molecule has 2 heterocycles. The van der Waals surface area contributed by atoms with E-state index in [4.69, 9.17) is 12.2 Å². The molecule has 0 aliphatic carbocycles. The summed E-state index contributed by atoms with van der Waals surface area (Å²) in [5.74, 6) is 0.366.